The van der Waals surface area contributed by atoms with E-state index >= 15 is 0 Å². The second-order valence-electron chi connectivity index (χ2n) is 6.18. The predicted molar refractivity (Wildman–Crippen MR) is 100.0 cm³/mol. The van der Waals surface area contributed by atoms with Gasteiger partial charge in [0, 0.05) is 11.4 Å². The lowest BCUT2D eigenvalue weighted by Gasteiger charge is -2.04. The Kier molecular flexibility index (Phi) is 5.19. The Morgan fingerprint density at radius 2 is 1.88 bits per heavy atom. The fourth-order valence-corrected chi connectivity index (χ4v) is 3.10. The second-order valence-corrected chi connectivity index (χ2v) is 6.62. The molecule has 0 radical (unpaired) electrons. The molecule has 2 aromatic carbocycles. The van der Waals surface area contributed by atoms with Crippen LogP contribution in [0.2, 0.25) is 5.02 Å². The number of hydrogen-bond donors (Lipinski definition) is 2. The van der Waals surface area contributed by atoms with E-state index in [0.717, 1.165) is 17.7 Å². The molecule has 4 nitrogen and oxygen atoms in total. The minimum Gasteiger partial charge on any atom is -0.365 e. The lowest BCUT2D eigenvalue weighted by molar-refractivity contribution is 0.0998. The number of nitrogens with two attached hydrogens (primary N) is 1. The van der Waals surface area contributed by atoms with E-state index < -0.39 is 5.91 Å². The molecule has 0 spiro atoms. The zero-order chi connectivity index (χ0) is 17.8. The van der Waals surface area contributed by atoms with Crippen molar-refractivity contribution in [1.29, 1.82) is 0 Å². The third-order valence-electron chi connectivity index (χ3n) is 4.20. The molecule has 0 atom stereocenters. The van der Waals surface area contributed by atoms with Crippen LogP contribution >= 0.6 is 11.6 Å². The maximum absolute atomic E-state index is 12.0. The molecule has 3 aromatic rings. The number of benzene rings is 2. The van der Waals surface area contributed by atoms with Gasteiger partial charge in [0.15, 0.2) is 0 Å². The third-order valence-corrected chi connectivity index (χ3v) is 4.44. The summed E-state index contributed by atoms with van der Waals surface area (Å²) in [6.45, 7) is 2.06. The van der Waals surface area contributed by atoms with Crippen LogP contribution in [0.1, 0.15) is 38.4 Å². The van der Waals surface area contributed by atoms with Gasteiger partial charge >= 0.3 is 0 Å². The zero-order valence-corrected chi connectivity index (χ0v) is 14.8. The Hall–Kier alpha value is -2.59. The molecule has 3 rings (SSSR count). The largest absolute Gasteiger partial charge is 0.365 e. The summed E-state index contributed by atoms with van der Waals surface area (Å²) in [4.78, 5) is 12.0. The Balaban J connectivity index is 1.79. The lowest BCUT2D eigenvalue weighted by Crippen LogP contribution is -2.15. The number of aromatic amines is 1. The molecule has 0 saturated carbocycles. The summed E-state index contributed by atoms with van der Waals surface area (Å²) < 4.78 is 0. The van der Waals surface area contributed by atoms with Crippen LogP contribution in [-0.2, 0) is 19.3 Å². The second kappa shape index (κ2) is 7.53. The van der Waals surface area contributed by atoms with Gasteiger partial charge in [0.25, 0.3) is 5.91 Å². The maximum Gasteiger partial charge on any atom is 0.252 e. The van der Waals surface area contributed by atoms with Gasteiger partial charge in [0.1, 0.15) is 0 Å². The standard InChI is InChI=1S/C20H20ClN3O/c1-13-5-7-14(8-6-13)9-10-17-19(20(22)25)18(24-23-17)12-15-3-2-4-16(21)11-15/h2-8,11H,9-10,12H2,1H3,(H2,22,25)(H,23,24). The van der Waals surface area contributed by atoms with E-state index in [1.807, 2.05) is 24.3 Å². The first-order valence-electron chi connectivity index (χ1n) is 8.19. The highest BCUT2D eigenvalue weighted by Gasteiger charge is 2.18. The van der Waals surface area contributed by atoms with E-state index in [4.69, 9.17) is 17.3 Å². The van der Waals surface area contributed by atoms with Gasteiger partial charge in [0.05, 0.1) is 17.0 Å². The van der Waals surface area contributed by atoms with Gasteiger partial charge < -0.3 is 5.73 Å². The topological polar surface area (TPSA) is 71.8 Å². The molecule has 0 aliphatic rings. The first-order chi connectivity index (χ1) is 12.0. The number of hydrogen-bond acceptors (Lipinski definition) is 2. The summed E-state index contributed by atoms with van der Waals surface area (Å²) >= 11 is 6.03. The summed E-state index contributed by atoms with van der Waals surface area (Å²) in [6, 6.07) is 15.9. The number of halogens is 1. The molecule has 3 N–H and O–H groups in total. The van der Waals surface area contributed by atoms with Gasteiger partial charge in [-0.15, -0.1) is 0 Å². The van der Waals surface area contributed by atoms with Crippen LogP contribution in [0.3, 0.4) is 0 Å². The molecule has 0 bridgehead atoms. The molecule has 1 aromatic heterocycles. The third kappa shape index (κ3) is 4.28. The van der Waals surface area contributed by atoms with Crippen molar-refractivity contribution in [3.8, 4) is 0 Å². The van der Waals surface area contributed by atoms with Crippen molar-refractivity contribution in [2.45, 2.75) is 26.2 Å². The minimum absolute atomic E-state index is 0.454. The van der Waals surface area contributed by atoms with Crippen LogP contribution in [0.25, 0.3) is 0 Å². The summed E-state index contributed by atoms with van der Waals surface area (Å²) in [5.74, 6) is -0.454. The van der Waals surface area contributed by atoms with Gasteiger partial charge in [-0.05, 0) is 43.0 Å². The van der Waals surface area contributed by atoms with Gasteiger partial charge in [0.2, 0.25) is 0 Å². The van der Waals surface area contributed by atoms with Crippen LogP contribution in [0.15, 0.2) is 48.5 Å². The van der Waals surface area contributed by atoms with Crippen molar-refractivity contribution in [3.63, 3.8) is 0 Å². The molecule has 0 aliphatic carbocycles. The highest BCUT2D eigenvalue weighted by Crippen LogP contribution is 2.19. The molecule has 0 aliphatic heterocycles. The number of carbonyl (C=O) groups is 1. The van der Waals surface area contributed by atoms with Crippen LogP contribution in [0.4, 0.5) is 0 Å². The molecule has 0 fully saturated rings. The van der Waals surface area contributed by atoms with Crippen molar-refractivity contribution in [2.24, 2.45) is 5.73 Å². The Labute approximate surface area is 152 Å². The van der Waals surface area contributed by atoms with Crippen LogP contribution < -0.4 is 5.73 Å². The van der Waals surface area contributed by atoms with E-state index in [0.29, 0.717) is 29.1 Å². The Morgan fingerprint density at radius 3 is 2.56 bits per heavy atom. The highest BCUT2D eigenvalue weighted by atomic mass is 35.5. The molecule has 0 saturated heterocycles. The van der Waals surface area contributed by atoms with Crippen molar-refractivity contribution >= 4 is 17.5 Å². The first kappa shape index (κ1) is 17.2. The SMILES string of the molecule is Cc1ccc(CCc2n[nH]c(Cc3cccc(Cl)c3)c2C(N)=O)cc1. The van der Waals surface area contributed by atoms with Crippen LogP contribution in [0, 0.1) is 6.92 Å². The monoisotopic (exact) mass is 353 g/mol. The number of nitrogens with one attached hydrogen (secondary N) is 1. The van der Waals surface area contributed by atoms with Gasteiger partial charge in [-0.3, -0.25) is 9.89 Å². The van der Waals surface area contributed by atoms with Crippen molar-refractivity contribution in [2.75, 3.05) is 0 Å². The molecule has 25 heavy (non-hydrogen) atoms. The number of carbonyl (C=O) groups excluding carboxylic acids is 1. The molecule has 1 amide bonds. The van der Waals surface area contributed by atoms with E-state index in [-0.39, 0.29) is 0 Å². The number of rotatable bonds is 6. The molecule has 0 unspecified atom stereocenters. The Morgan fingerprint density at radius 1 is 1.12 bits per heavy atom. The zero-order valence-electron chi connectivity index (χ0n) is 14.1. The number of amides is 1. The van der Waals surface area contributed by atoms with Crippen LogP contribution in [-0.4, -0.2) is 16.1 Å². The highest BCUT2D eigenvalue weighted by molar-refractivity contribution is 6.30. The molecule has 5 heteroatoms. The average Bonchev–Trinajstić information content (AvgIpc) is 2.97. The predicted octanol–water partition coefficient (Wildman–Crippen LogP) is 3.85. The summed E-state index contributed by atoms with van der Waals surface area (Å²) in [5, 5.41) is 7.97. The fourth-order valence-electron chi connectivity index (χ4n) is 2.89. The van der Waals surface area contributed by atoms with E-state index in [1.165, 1.54) is 11.1 Å². The van der Waals surface area contributed by atoms with E-state index in [9.17, 15) is 4.79 Å². The minimum atomic E-state index is -0.454. The summed E-state index contributed by atoms with van der Waals surface area (Å²) in [6.07, 6.45) is 2.01. The van der Waals surface area contributed by atoms with Crippen LogP contribution in [0.5, 0.6) is 0 Å². The number of aromatic nitrogens is 2. The number of nitrogens with zero attached hydrogens (tertiary/aromatic N) is 1. The van der Waals surface area contributed by atoms with Gasteiger partial charge in [-0.1, -0.05) is 53.6 Å². The average molecular weight is 354 g/mol. The van der Waals surface area contributed by atoms with E-state index in [1.54, 1.807) is 0 Å². The van der Waals surface area contributed by atoms with Crippen molar-refractivity contribution in [3.05, 3.63) is 87.2 Å². The Bertz CT molecular complexity index is 884. The number of H-pyrrole nitrogens is 1. The summed E-state index contributed by atoms with van der Waals surface area (Å²) in [7, 11) is 0. The van der Waals surface area contributed by atoms with Gasteiger partial charge in [-0.2, -0.15) is 5.10 Å². The maximum atomic E-state index is 12.0. The molecular formula is C20H20ClN3O. The fraction of sp³-hybridized carbons (Fsp3) is 0.200. The van der Waals surface area contributed by atoms with E-state index in [2.05, 4.69) is 41.4 Å². The van der Waals surface area contributed by atoms with Crippen molar-refractivity contribution in [1.82, 2.24) is 10.2 Å². The molecule has 128 valence electrons. The molecule has 1 heterocycles. The normalized spacial score (nSPS) is 10.8. The molecular weight excluding hydrogens is 334 g/mol. The van der Waals surface area contributed by atoms with Crippen molar-refractivity contribution < 1.29 is 4.79 Å². The number of primary amides is 1. The summed E-state index contributed by atoms with van der Waals surface area (Å²) in [5.41, 5.74) is 11.0. The lowest BCUT2D eigenvalue weighted by atomic mass is 10.0. The smallest absolute Gasteiger partial charge is 0.252 e. The quantitative estimate of drug-likeness (QED) is 0.706. The first-order valence-corrected chi connectivity index (χ1v) is 8.56. The van der Waals surface area contributed by atoms with Gasteiger partial charge in [-0.25, -0.2) is 0 Å². The number of aryl methyl sites for hydroxylation is 3.